The van der Waals surface area contributed by atoms with Gasteiger partial charge in [0.05, 0.1) is 23.2 Å². The molecule has 0 aromatic heterocycles. The molecule has 1 heterocycles. The monoisotopic (exact) mass is 396 g/mol. The van der Waals surface area contributed by atoms with E-state index in [2.05, 4.69) is 10.3 Å². The van der Waals surface area contributed by atoms with Gasteiger partial charge in [-0.2, -0.15) is 0 Å². The number of carbonyl (C=O) groups excluding carboxylic acids is 2. The number of nitrogens with zero attached hydrogens (tertiary/aromatic N) is 2. The Morgan fingerprint density at radius 2 is 2.04 bits per heavy atom. The zero-order valence-electron chi connectivity index (χ0n) is 14.8. The number of anilines is 2. The molecule has 1 aliphatic heterocycles. The fourth-order valence-corrected chi connectivity index (χ4v) is 4.06. The van der Waals surface area contributed by atoms with Crippen LogP contribution in [0.2, 0.25) is 0 Å². The summed E-state index contributed by atoms with van der Waals surface area (Å²) in [5.74, 6) is 0.0748. The average Bonchev–Trinajstić information content (AvgIpc) is 3.03. The first-order chi connectivity index (χ1) is 12.0. The summed E-state index contributed by atoms with van der Waals surface area (Å²) >= 11 is 1.28. The SMILES string of the molecule is CC1CC(=O)Nc2ccccc2N1C(=O)CSC(N)=NC1CCCC1.Cl. The second-order valence-electron chi connectivity index (χ2n) is 6.58. The fraction of sp³-hybridized carbons (Fsp3) is 0.500. The number of amidine groups is 1. The van der Waals surface area contributed by atoms with Gasteiger partial charge in [-0.3, -0.25) is 14.6 Å². The van der Waals surface area contributed by atoms with Crippen LogP contribution in [0.5, 0.6) is 0 Å². The summed E-state index contributed by atoms with van der Waals surface area (Å²) in [6, 6.07) is 7.49. The maximum absolute atomic E-state index is 12.8. The van der Waals surface area contributed by atoms with Gasteiger partial charge in [-0.1, -0.05) is 36.7 Å². The maximum atomic E-state index is 12.8. The normalized spacial score (nSPS) is 20.8. The lowest BCUT2D eigenvalue weighted by Crippen LogP contribution is -2.40. The zero-order chi connectivity index (χ0) is 17.8. The van der Waals surface area contributed by atoms with Gasteiger partial charge in [0.1, 0.15) is 0 Å². The third kappa shape index (κ3) is 4.92. The van der Waals surface area contributed by atoms with Gasteiger partial charge in [-0.05, 0) is 31.9 Å². The molecule has 0 saturated heterocycles. The maximum Gasteiger partial charge on any atom is 0.237 e. The number of benzene rings is 1. The van der Waals surface area contributed by atoms with Crippen LogP contribution in [0.4, 0.5) is 11.4 Å². The van der Waals surface area contributed by atoms with Crippen molar-refractivity contribution < 1.29 is 9.59 Å². The Morgan fingerprint density at radius 1 is 1.35 bits per heavy atom. The highest BCUT2D eigenvalue weighted by Gasteiger charge is 2.29. The number of fused-ring (bicyclic) bond motifs is 1. The fourth-order valence-electron chi connectivity index (χ4n) is 3.42. The number of rotatable bonds is 3. The number of thioether (sulfide) groups is 1. The number of hydrogen-bond donors (Lipinski definition) is 2. The number of nitrogens with one attached hydrogen (secondary N) is 1. The third-order valence-corrected chi connectivity index (χ3v) is 5.40. The van der Waals surface area contributed by atoms with E-state index >= 15 is 0 Å². The van der Waals surface area contributed by atoms with E-state index in [4.69, 9.17) is 5.73 Å². The molecule has 1 unspecified atom stereocenters. The first-order valence-corrected chi connectivity index (χ1v) is 9.70. The lowest BCUT2D eigenvalue weighted by molar-refractivity contribution is -0.117. The van der Waals surface area contributed by atoms with Crippen LogP contribution in [0.3, 0.4) is 0 Å². The van der Waals surface area contributed by atoms with Gasteiger partial charge >= 0.3 is 0 Å². The molecular formula is C18H25ClN4O2S. The molecular weight excluding hydrogens is 372 g/mol. The van der Waals surface area contributed by atoms with Crippen LogP contribution >= 0.6 is 24.2 Å². The number of carbonyl (C=O) groups is 2. The smallest absolute Gasteiger partial charge is 0.237 e. The molecule has 1 saturated carbocycles. The van der Waals surface area contributed by atoms with Crippen molar-refractivity contribution in [3.63, 3.8) is 0 Å². The first kappa shape index (κ1) is 20.6. The van der Waals surface area contributed by atoms with E-state index in [9.17, 15) is 9.59 Å². The summed E-state index contributed by atoms with van der Waals surface area (Å²) < 4.78 is 0. The third-order valence-electron chi connectivity index (χ3n) is 4.61. The van der Waals surface area contributed by atoms with Crippen molar-refractivity contribution in [1.29, 1.82) is 0 Å². The van der Waals surface area contributed by atoms with Gasteiger partial charge in [0, 0.05) is 12.5 Å². The van der Waals surface area contributed by atoms with Gasteiger partial charge in [-0.15, -0.1) is 12.4 Å². The van der Waals surface area contributed by atoms with E-state index in [1.807, 2.05) is 31.2 Å². The summed E-state index contributed by atoms with van der Waals surface area (Å²) in [7, 11) is 0. The Labute approximate surface area is 164 Å². The molecule has 0 radical (unpaired) electrons. The molecule has 1 aliphatic carbocycles. The topological polar surface area (TPSA) is 87.8 Å². The van der Waals surface area contributed by atoms with E-state index in [-0.39, 0.29) is 42.4 Å². The van der Waals surface area contributed by atoms with Gasteiger partial charge in [0.25, 0.3) is 0 Å². The van der Waals surface area contributed by atoms with Crippen LogP contribution in [-0.4, -0.2) is 34.8 Å². The molecule has 1 atom stereocenters. The van der Waals surface area contributed by atoms with Gasteiger partial charge < -0.3 is 16.0 Å². The quantitative estimate of drug-likeness (QED) is 0.606. The van der Waals surface area contributed by atoms with Crippen molar-refractivity contribution in [1.82, 2.24) is 0 Å². The Hall–Kier alpha value is -1.73. The minimum atomic E-state index is -0.204. The number of nitrogens with two attached hydrogens (primary N) is 1. The van der Waals surface area contributed by atoms with Crippen molar-refractivity contribution in [2.75, 3.05) is 16.0 Å². The molecule has 2 amide bonds. The molecule has 1 fully saturated rings. The minimum Gasteiger partial charge on any atom is -0.379 e. The average molecular weight is 397 g/mol. The molecule has 142 valence electrons. The molecule has 2 aliphatic rings. The highest BCUT2D eigenvalue weighted by molar-refractivity contribution is 8.14. The van der Waals surface area contributed by atoms with Crippen LogP contribution in [0.25, 0.3) is 0 Å². The summed E-state index contributed by atoms with van der Waals surface area (Å²) in [6.45, 7) is 1.89. The first-order valence-electron chi connectivity index (χ1n) is 8.71. The van der Waals surface area contributed by atoms with Crippen LogP contribution in [0, 0.1) is 0 Å². The van der Waals surface area contributed by atoms with Crippen molar-refractivity contribution in [2.24, 2.45) is 10.7 Å². The molecule has 26 heavy (non-hydrogen) atoms. The molecule has 0 spiro atoms. The Balaban J connectivity index is 0.00000243. The predicted octanol–water partition coefficient (Wildman–Crippen LogP) is 3.16. The molecule has 1 aromatic carbocycles. The molecule has 1 aromatic rings. The molecule has 0 bridgehead atoms. The Kier molecular flexibility index (Phi) is 7.34. The summed E-state index contributed by atoms with van der Waals surface area (Å²) in [5, 5.41) is 3.34. The number of para-hydroxylation sites is 2. The molecule has 6 nitrogen and oxygen atoms in total. The highest BCUT2D eigenvalue weighted by atomic mass is 35.5. The van der Waals surface area contributed by atoms with Crippen LogP contribution in [-0.2, 0) is 9.59 Å². The van der Waals surface area contributed by atoms with Crippen molar-refractivity contribution in [2.45, 2.75) is 51.1 Å². The van der Waals surface area contributed by atoms with Crippen molar-refractivity contribution in [3.05, 3.63) is 24.3 Å². The van der Waals surface area contributed by atoms with Crippen molar-refractivity contribution >= 4 is 52.5 Å². The summed E-state index contributed by atoms with van der Waals surface area (Å²) in [4.78, 5) is 31.0. The number of amides is 2. The number of hydrogen-bond acceptors (Lipinski definition) is 4. The molecule has 8 heteroatoms. The van der Waals surface area contributed by atoms with E-state index < -0.39 is 0 Å². The van der Waals surface area contributed by atoms with Gasteiger partial charge in [0.15, 0.2) is 5.17 Å². The van der Waals surface area contributed by atoms with Crippen LogP contribution in [0.1, 0.15) is 39.0 Å². The van der Waals surface area contributed by atoms with Gasteiger partial charge in [0.2, 0.25) is 11.8 Å². The predicted molar refractivity (Wildman–Crippen MR) is 110 cm³/mol. The number of aliphatic imine (C=N–C) groups is 1. The second-order valence-corrected chi connectivity index (χ2v) is 7.57. The minimum absolute atomic E-state index is 0. The molecule has 3 N–H and O–H groups in total. The second kappa shape index (κ2) is 9.28. The molecule has 3 rings (SSSR count). The van der Waals surface area contributed by atoms with Crippen molar-refractivity contribution in [3.8, 4) is 0 Å². The lowest BCUT2D eigenvalue weighted by atomic mass is 10.2. The zero-order valence-corrected chi connectivity index (χ0v) is 16.4. The highest BCUT2D eigenvalue weighted by Crippen LogP contribution is 2.31. The van der Waals surface area contributed by atoms with Crippen LogP contribution in [0.15, 0.2) is 29.3 Å². The Morgan fingerprint density at radius 3 is 2.77 bits per heavy atom. The lowest BCUT2D eigenvalue weighted by Gasteiger charge is -2.27. The number of halogens is 1. The Bertz CT molecular complexity index is 692. The largest absolute Gasteiger partial charge is 0.379 e. The summed E-state index contributed by atoms with van der Waals surface area (Å²) in [5.41, 5.74) is 7.39. The standard InChI is InChI=1S/C18H24N4O2S.ClH/c1-12-10-16(23)21-14-8-4-5-9-15(14)22(12)17(24)11-25-18(19)20-13-6-2-3-7-13;/h4-5,8-9,12-13H,2-3,6-7,10-11H2,1H3,(H2,19,20)(H,21,23);1H. The van der Waals surface area contributed by atoms with E-state index in [0.717, 1.165) is 18.5 Å². The van der Waals surface area contributed by atoms with E-state index in [1.54, 1.807) is 4.90 Å². The van der Waals surface area contributed by atoms with Gasteiger partial charge in [-0.25, -0.2) is 0 Å². The van der Waals surface area contributed by atoms with E-state index in [0.29, 0.717) is 16.9 Å². The summed E-state index contributed by atoms with van der Waals surface area (Å²) in [6.07, 6.45) is 4.85. The van der Waals surface area contributed by atoms with Crippen LogP contribution < -0.4 is 16.0 Å². The van der Waals surface area contributed by atoms with E-state index in [1.165, 1.54) is 24.6 Å².